The molecule has 0 heterocycles. The minimum atomic E-state index is -3.18. The average Bonchev–Trinajstić information content (AvgIpc) is 2.10. The topological polar surface area (TPSA) is 46.2 Å². The van der Waals surface area contributed by atoms with Crippen molar-refractivity contribution in [3.05, 3.63) is 26.2 Å². The maximum absolute atomic E-state index is 11.5. The van der Waals surface area contributed by atoms with E-state index in [1.54, 1.807) is 12.1 Å². The highest BCUT2D eigenvalue weighted by Crippen LogP contribution is 2.23. The Morgan fingerprint density at radius 2 is 2.13 bits per heavy atom. The molecular formula is C9H11BrINO2S. The summed E-state index contributed by atoms with van der Waals surface area (Å²) in [7, 11) is -3.18. The van der Waals surface area contributed by atoms with Gasteiger partial charge in [0.05, 0.1) is 5.75 Å². The number of benzene rings is 1. The molecule has 0 saturated carbocycles. The molecular weight excluding hydrogens is 393 g/mol. The molecule has 84 valence electrons. The molecule has 3 nitrogen and oxygen atoms in total. The van der Waals surface area contributed by atoms with Gasteiger partial charge in [-0.15, -0.1) is 0 Å². The van der Waals surface area contributed by atoms with Gasteiger partial charge in [0.1, 0.15) is 0 Å². The molecule has 1 rings (SSSR count). The molecule has 1 N–H and O–H groups in total. The van der Waals surface area contributed by atoms with E-state index < -0.39 is 10.0 Å². The fraction of sp³-hybridized carbons (Fsp3) is 0.333. The summed E-state index contributed by atoms with van der Waals surface area (Å²) in [5.41, 5.74) is 0.607. The van der Waals surface area contributed by atoms with E-state index >= 15 is 0 Å². The van der Waals surface area contributed by atoms with Crippen LogP contribution in [-0.4, -0.2) is 14.2 Å². The monoisotopic (exact) mass is 403 g/mol. The minimum absolute atomic E-state index is 0.152. The zero-order valence-corrected chi connectivity index (χ0v) is 12.7. The molecule has 0 aromatic heterocycles. The molecule has 0 aliphatic carbocycles. The third-order valence-corrected chi connectivity index (χ3v) is 5.48. The number of anilines is 1. The van der Waals surface area contributed by atoms with Gasteiger partial charge in [-0.25, -0.2) is 8.42 Å². The quantitative estimate of drug-likeness (QED) is 0.784. The first kappa shape index (κ1) is 13.2. The summed E-state index contributed by atoms with van der Waals surface area (Å²) in [6.45, 7) is 1.84. The molecule has 0 amide bonds. The van der Waals surface area contributed by atoms with Gasteiger partial charge in [0.25, 0.3) is 0 Å². The summed E-state index contributed by atoms with van der Waals surface area (Å²) < 4.78 is 27.4. The van der Waals surface area contributed by atoms with Gasteiger partial charge in [-0.1, -0.05) is 6.92 Å². The molecule has 0 radical (unpaired) electrons. The van der Waals surface area contributed by atoms with E-state index in [2.05, 4.69) is 43.2 Å². The third-order valence-electron chi connectivity index (χ3n) is 1.67. The Bertz CT molecular complexity index is 447. The third kappa shape index (κ3) is 4.28. The van der Waals surface area contributed by atoms with Gasteiger partial charge in [0.15, 0.2) is 0 Å². The maximum Gasteiger partial charge on any atom is 0.232 e. The molecule has 0 saturated heterocycles. The van der Waals surface area contributed by atoms with Crippen molar-refractivity contribution in [1.82, 2.24) is 0 Å². The minimum Gasteiger partial charge on any atom is -0.284 e. The van der Waals surface area contributed by atoms with E-state index in [0.29, 0.717) is 12.1 Å². The Balaban J connectivity index is 2.86. The van der Waals surface area contributed by atoms with Crippen LogP contribution >= 0.6 is 38.5 Å². The Morgan fingerprint density at radius 1 is 1.47 bits per heavy atom. The van der Waals surface area contributed by atoms with Crippen LogP contribution in [0.4, 0.5) is 5.69 Å². The van der Waals surface area contributed by atoms with Crippen molar-refractivity contribution in [2.45, 2.75) is 13.3 Å². The molecule has 0 fully saturated rings. The van der Waals surface area contributed by atoms with Gasteiger partial charge in [0, 0.05) is 13.7 Å². The van der Waals surface area contributed by atoms with E-state index in [-0.39, 0.29) is 5.75 Å². The Morgan fingerprint density at radius 3 is 2.67 bits per heavy atom. The fourth-order valence-corrected chi connectivity index (χ4v) is 2.95. The first-order valence-electron chi connectivity index (χ1n) is 4.40. The molecule has 0 spiro atoms. The van der Waals surface area contributed by atoms with Gasteiger partial charge in [-0.3, -0.25) is 4.72 Å². The molecule has 15 heavy (non-hydrogen) atoms. The van der Waals surface area contributed by atoms with Crippen molar-refractivity contribution in [1.29, 1.82) is 0 Å². The van der Waals surface area contributed by atoms with Crippen LogP contribution in [0, 0.1) is 3.57 Å². The number of nitrogens with one attached hydrogen (secondary N) is 1. The number of hydrogen-bond acceptors (Lipinski definition) is 2. The van der Waals surface area contributed by atoms with Gasteiger partial charge in [0.2, 0.25) is 10.0 Å². The van der Waals surface area contributed by atoms with Crippen LogP contribution in [-0.2, 0) is 10.0 Å². The smallest absolute Gasteiger partial charge is 0.232 e. The predicted molar refractivity (Wildman–Crippen MR) is 74.6 cm³/mol. The van der Waals surface area contributed by atoms with Crippen molar-refractivity contribution < 1.29 is 8.42 Å². The van der Waals surface area contributed by atoms with Crippen LogP contribution in [0.1, 0.15) is 13.3 Å². The Labute approximate surface area is 112 Å². The van der Waals surface area contributed by atoms with Crippen molar-refractivity contribution in [2.24, 2.45) is 0 Å². The maximum atomic E-state index is 11.5. The van der Waals surface area contributed by atoms with Gasteiger partial charge in [-0.2, -0.15) is 0 Å². The molecule has 6 heteroatoms. The van der Waals surface area contributed by atoms with E-state index in [1.165, 1.54) is 0 Å². The molecule has 0 unspecified atom stereocenters. The van der Waals surface area contributed by atoms with Crippen LogP contribution < -0.4 is 4.72 Å². The van der Waals surface area contributed by atoms with Crippen molar-refractivity contribution in [3.63, 3.8) is 0 Å². The Kier molecular flexibility index (Phi) is 4.85. The van der Waals surface area contributed by atoms with Crippen LogP contribution in [0.25, 0.3) is 0 Å². The summed E-state index contributed by atoms with van der Waals surface area (Å²) >= 11 is 5.50. The summed E-state index contributed by atoms with van der Waals surface area (Å²) in [5, 5.41) is 0. The number of rotatable bonds is 4. The molecule has 0 bridgehead atoms. The average molecular weight is 404 g/mol. The van der Waals surface area contributed by atoms with E-state index in [4.69, 9.17) is 0 Å². The SMILES string of the molecule is CCCS(=O)(=O)Nc1ccc(Br)c(I)c1. The summed E-state index contributed by atoms with van der Waals surface area (Å²) in [5.74, 6) is 0.152. The first-order chi connectivity index (χ1) is 6.94. The van der Waals surface area contributed by atoms with Gasteiger partial charge >= 0.3 is 0 Å². The highest BCUT2D eigenvalue weighted by atomic mass is 127. The molecule has 0 aliphatic heterocycles. The normalized spacial score (nSPS) is 11.4. The number of hydrogen-bond donors (Lipinski definition) is 1. The van der Waals surface area contributed by atoms with Crippen LogP contribution in [0.2, 0.25) is 0 Å². The van der Waals surface area contributed by atoms with Crippen LogP contribution in [0.5, 0.6) is 0 Å². The van der Waals surface area contributed by atoms with Crippen molar-refractivity contribution in [3.8, 4) is 0 Å². The predicted octanol–water partition coefficient (Wildman–Crippen LogP) is 3.21. The largest absolute Gasteiger partial charge is 0.284 e. The second-order valence-electron chi connectivity index (χ2n) is 3.05. The highest BCUT2D eigenvalue weighted by molar-refractivity contribution is 14.1. The lowest BCUT2D eigenvalue weighted by Gasteiger charge is -2.07. The van der Waals surface area contributed by atoms with Crippen molar-refractivity contribution >= 4 is 54.2 Å². The summed E-state index contributed by atoms with van der Waals surface area (Å²) in [4.78, 5) is 0. The van der Waals surface area contributed by atoms with Crippen molar-refractivity contribution in [2.75, 3.05) is 10.5 Å². The lowest BCUT2D eigenvalue weighted by Crippen LogP contribution is -2.16. The molecule has 0 aliphatic rings. The zero-order valence-electron chi connectivity index (χ0n) is 8.13. The van der Waals surface area contributed by atoms with E-state index in [0.717, 1.165) is 8.04 Å². The highest BCUT2D eigenvalue weighted by Gasteiger charge is 2.09. The molecule has 0 atom stereocenters. The Hall–Kier alpha value is 0.180. The second kappa shape index (κ2) is 5.49. The molecule has 1 aromatic carbocycles. The van der Waals surface area contributed by atoms with Gasteiger partial charge in [-0.05, 0) is 63.1 Å². The number of halogens is 2. The van der Waals surface area contributed by atoms with E-state index in [1.807, 2.05) is 13.0 Å². The lowest BCUT2D eigenvalue weighted by molar-refractivity contribution is 0.600. The fourth-order valence-electron chi connectivity index (χ4n) is 1.06. The zero-order chi connectivity index (χ0) is 11.5. The number of sulfonamides is 1. The lowest BCUT2D eigenvalue weighted by atomic mass is 10.3. The van der Waals surface area contributed by atoms with Crippen LogP contribution in [0.15, 0.2) is 22.7 Å². The van der Waals surface area contributed by atoms with Crippen LogP contribution in [0.3, 0.4) is 0 Å². The first-order valence-corrected chi connectivity index (χ1v) is 7.92. The molecule has 1 aromatic rings. The summed E-state index contributed by atoms with van der Waals surface area (Å²) in [6, 6.07) is 5.35. The van der Waals surface area contributed by atoms with E-state index in [9.17, 15) is 8.42 Å². The summed E-state index contributed by atoms with van der Waals surface area (Å²) in [6.07, 6.45) is 0.614. The standard InChI is InChI=1S/C9H11BrINO2S/c1-2-5-15(13,14)12-7-3-4-8(10)9(11)6-7/h3-4,6,12H,2,5H2,1H3. The second-order valence-corrected chi connectivity index (χ2v) is 6.91. The van der Waals surface area contributed by atoms with Gasteiger partial charge < -0.3 is 0 Å².